The van der Waals surface area contributed by atoms with Crippen molar-refractivity contribution in [3.8, 4) is 0 Å². The number of aromatic nitrogens is 1. The molecular weight excluding hydrogens is 404 g/mol. The molecule has 3 aliphatic rings. The van der Waals surface area contributed by atoms with Crippen molar-refractivity contribution < 1.29 is 14.3 Å². The molecule has 0 spiro atoms. The Morgan fingerprint density at radius 3 is 2.37 bits per heavy atom. The van der Waals surface area contributed by atoms with E-state index >= 15 is 0 Å². The number of likely N-dealkylation sites (tertiary alicyclic amines) is 1. The standard InChI is InChI=1S/C22H31ClN4O3/c23-19-14-17(22(29)27-10-12-30-13-11-27)15-24-20(19)25-18-6-8-26(9-7-18)21(28)16-4-2-1-3-5-16/h14-16,18H,1-13H2,(H,24,25). The molecule has 0 bridgehead atoms. The van der Waals surface area contributed by atoms with Gasteiger partial charge in [-0.1, -0.05) is 30.9 Å². The number of amides is 2. The number of anilines is 1. The molecule has 8 heteroatoms. The third kappa shape index (κ3) is 5.06. The van der Waals surface area contributed by atoms with Crippen LogP contribution in [0.25, 0.3) is 0 Å². The normalized spacial score (nSPS) is 21.5. The first-order valence-electron chi connectivity index (χ1n) is 11.2. The zero-order chi connectivity index (χ0) is 20.9. The zero-order valence-electron chi connectivity index (χ0n) is 17.4. The molecule has 164 valence electrons. The lowest BCUT2D eigenvalue weighted by Crippen LogP contribution is -2.45. The molecule has 1 aromatic rings. The summed E-state index contributed by atoms with van der Waals surface area (Å²) in [5.74, 6) is 1.12. The maximum Gasteiger partial charge on any atom is 0.255 e. The minimum absolute atomic E-state index is 0.0613. The molecule has 1 saturated carbocycles. The molecule has 1 aliphatic carbocycles. The smallest absolute Gasteiger partial charge is 0.255 e. The second kappa shape index (κ2) is 9.96. The van der Waals surface area contributed by atoms with E-state index in [4.69, 9.17) is 16.3 Å². The summed E-state index contributed by atoms with van der Waals surface area (Å²) in [6.45, 7) is 3.86. The quantitative estimate of drug-likeness (QED) is 0.787. The Morgan fingerprint density at radius 2 is 1.70 bits per heavy atom. The second-order valence-electron chi connectivity index (χ2n) is 8.54. The summed E-state index contributed by atoms with van der Waals surface area (Å²) in [6.07, 6.45) is 9.08. The third-order valence-corrected chi connectivity index (χ3v) is 6.78. The van der Waals surface area contributed by atoms with Crippen LogP contribution in [0.4, 0.5) is 5.82 Å². The van der Waals surface area contributed by atoms with E-state index in [1.165, 1.54) is 19.3 Å². The molecule has 1 N–H and O–H groups in total. The molecule has 0 aromatic carbocycles. The Balaban J connectivity index is 1.29. The van der Waals surface area contributed by atoms with Gasteiger partial charge in [-0.05, 0) is 31.7 Å². The highest BCUT2D eigenvalue weighted by Gasteiger charge is 2.29. The first kappa shape index (κ1) is 21.4. The van der Waals surface area contributed by atoms with Gasteiger partial charge >= 0.3 is 0 Å². The summed E-state index contributed by atoms with van der Waals surface area (Å²) in [4.78, 5) is 33.5. The average Bonchev–Trinajstić information content (AvgIpc) is 2.81. The Labute approximate surface area is 183 Å². The SMILES string of the molecule is O=C(c1cnc(NC2CCN(C(=O)C3CCCCC3)CC2)c(Cl)c1)N1CCOCC1. The van der Waals surface area contributed by atoms with Crippen LogP contribution in [0.5, 0.6) is 0 Å². The zero-order valence-corrected chi connectivity index (χ0v) is 18.2. The van der Waals surface area contributed by atoms with Crippen molar-refractivity contribution >= 4 is 29.2 Å². The van der Waals surface area contributed by atoms with Crippen LogP contribution in [0.3, 0.4) is 0 Å². The lowest BCUT2D eigenvalue weighted by atomic mass is 9.87. The molecule has 3 heterocycles. The van der Waals surface area contributed by atoms with E-state index in [0.29, 0.717) is 48.6 Å². The Bertz CT molecular complexity index is 755. The first-order valence-corrected chi connectivity index (χ1v) is 11.6. The number of nitrogens with zero attached hydrogens (tertiary/aromatic N) is 3. The van der Waals surface area contributed by atoms with Crippen LogP contribution < -0.4 is 5.32 Å². The van der Waals surface area contributed by atoms with Crippen molar-refractivity contribution in [2.45, 2.75) is 51.0 Å². The fraction of sp³-hybridized carbons (Fsp3) is 0.682. The number of hydrogen-bond donors (Lipinski definition) is 1. The maximum absolute atomic E-state index is 12.7. The molecule has 2 aliphatic heterocycles. The van der Waals surface area contributed by atoms with Gasteiger partial charge in [-0.3, -0.25) is 9.59 Å². The van der Waals surface area contributed by atoms with E-state index in [1.807, 2.05) is 4.90 Å². The van der Waals surface area contributed by atoms with Gasteiger partial charge in [-0.2, -0.15) is 0 Å². The maximum atomic E-state index is 12.7. The number of carbonyl (C=O) groups excluding carboxylic acids is 2. The van der Waals surface area contributed by atoms with Gasteiger partial charge in [0.05, 0.1) is 23.8 Å². The van der Waals surface area contributed by atoms with Crippen molar-refractivity contribution in [1.29, 1.82) is 0 Å². The molecular formula is C22H31ClN4O3. The lowest BCUT2D eigenvalue weighted by molar-refractivity contribution is -0.137. The number of rotatable bonds is 4. The number of pyridine rings is 1. The topological polar surface area (TPSA) is 74.8 Å². The van der Waals surface area contributed by atoms with Crippen LogP contribution >= 0.6 is 11.6 Å². The number of hydrogen-bond acceptors (Lipinski definition) is 5. The van der Waals surface area contributed by atoms with Crippen LogP contribution in [0.2, 0.25) is 5.02 Å². The minimum Gasteiger partial charge on any atom is -0.378 e. The van der Waals surface area contributed by atoms with Crippen LogP contribution in [0.1, 0.15) is 55.3 Å². The molecule has 0 unspecified atom stereocenters. The number of nitrogens with one attached hydrogen (secondary N) is 1. The van der Waals surface area contributed by atoms with Gasteiger partial charge in [0.1, 0.15) is 5.82 Å². The lowest BCUT2D eigenvalue weighted by Gasteiger charge is -2.35. The molecule has 3 fully saturated rings. The highest BCUT2D eigenvalue weighted by Crippen LogP contribution is 2.28. The molecule has 1 aromatic heterocycles. The second-order valence-corrected chi connectivity index (χ2v) is 8.95. The van der Waals surface area contributed by atoms with Crippen molar-refractivity contribution in [3.63, 3.8) is 0 Å². The molecule has 0 atom stereocenters. The fourth-order valence-corrected chi connectivity index (χ4v) is 4.88. The van der Waals surface area contributed by atoms with Crippen LogP contribution in [0.15, 0.2) is 12.3 Å². The van der Waals surface area contributed by atoms with Gasteiger partial charge in [-0.25, -0.2) is 4.98 Å². The van der Waals surface area contributed by atoms with Gasteiger partial charge in [-0.15, -0.1) is 0 Å². The molecule has 4 rings (SSSR count). The summed E-state index contributed by atoms with van der Waals surface area (Å²) in [7, 11) is 0. The van der Waals surface area contributed by atoms with Gasteiger partial charge in [0.25, 0.3) is 5.91 Å². The van der Waals surface area contributed by atoms with E-state index in [0.717, 1.165) is 38.8 Å². The summed E-state index contributed by atoms with van der Waals surface area (Å²) >= 11 is 6.43. The van der Waals surface area contributed by atoms with E-state index in [2.05, 4.69) is 10.3 Å². The molecule has 30 heavy (non-hydrogen) atoms. The first-order chi connectivity index (χ1) is 14.6. The molecule has 2 saturated heterocycles. The van der Waals surface area contributed by atoms with Crippen LogP contribution in [-0.2, 0) is 9.53 Å². The number of morpholine rings is 1. The van der Waals surface area contributed by atoms with Crippen molar-refractivity contribution in [3.05, 3.63) is 22.8 Å². The van der Waals surface area contributed by atoms with Crippen molar-refractivity contribution in [1.82, 2.24) is 14.8 Å². The molecule has 7 nitrogen and oxygen atoms in total. The van der Waals surface area contributed by atoms with Gasteiger partial charge < -0.3 is 19.9 Å². The van der Waals surface area contributed by atoms with Crippen molar-refractivity contribution in [2.24, 2.45) is 5.92 Å². The van der Waals surface area contributed by atoms with E-state index in [1.54, 1.807) is 17.2 Å². The monoisotopic (exact) mass is 434 g/mol. The molecule has 0 radical (unpaired) electrons. The highest BCUT2D eigenvalue weighted by atomic mass is 35.5. The third-order valence-electron chi connectivity index (χ3n) is 6.49. The summed E-state index contributed by atoms with van der Waals surface area (Å²) in [5.41, 5.74) is 0.500. The Morgan fingerprint density at radius 1 is 1.00 bits per heavy atom. The van der Waals surface area contributed by atoms with Crippen LogP contribution in [-0.4, -0.2) is 72.0 Å². The predicted molar refractivity (Wildman–Crippen MR) is 116 cm³/mol. The highest BCUT2D eigenvalue weighted by molar-refractivity contribution is 6.33. The summed E-state index contributed by atoms with van der Waals surface area (Å²) < 4.78 is 5.30. The van der Waals surface area contributed by atoms with E-state index in [9.17, 15) is 9.59 Å². The van der Waals surface area contributed by atoms with Gasteiger partial charge in [0.2, 0.25) is 5.91 Å². The number of piperidine rings is 1. The Kier molecular flexibility index (Phi) is 7.10. The summed E-state index contributed by atoms with van der Waals surface area (Å²) in [5, 5.41) is 3.86. The number of ether oxygens (including phenoxy) is 1. The van der Waals surface area contributed by atoms with Crippen molar-refractivity contribution in [2.75, 3.05) is 44.7 Å². The number of halogens is 1. The number of carbonyl (C=O) groups is 2. The average molecular weight is 435 g/mol. The van der Waals surface area contributed by atoms with E-state index < -0.39 is 0 Å². The molecule has 2 amide bonds. The van der Waals surface area contributed by atoms with Gasteiger partial charge in [0.15, 0.2) is 0 Å². The fourth-order valence-electron chi connectivity index (χ4n) is 4.66. The largest absolute Gasteiger partial charge is 0.378 e. The van der Waals surface area contributed by atoms with E-state index in [-0.39, 0.29) is 17.9 Å². The predicted octanol–water partition coefficient (Wildman–Crippen LogP) is 3.19. The van der Waals surface area contributed by atoms with Gasteiger partial charge in [0, 0.05) is 44.3 Å². The summed E-state index contributed by atoms with van der Waals surface area (Å²) in [6, 6.07) is 1.92. The Hall–Kier alpha value is -1.86. The minimum atomic E-state index is -0.0613. The van der Waals surface area contributed by atoms with Crippen LogP contribution in [0, 0.1) is 5.92 Å².